The van der Waals surface area contributed by atoms with E-state index >= 15 is 0 Å². The summed E-state index contributed by atoms with van der Waals surface area (Å²) in [5.74, 6) is 1.53. The van der Waals surface area contributed by atoms with E-state index in [9.17, 15) is 10.2 Å². The van der Waals surface area contributed by atoms with Gasteiger partial charge >= 0.3 is 0 Å². The molecule has 2 aliphatic rings. The van der Waals surface area contributed by atoms with Crippen LogP contribution in [0.2, 0.25) is 0 Å². The molecule has 5 rings (SSSR count). The molecule has 0 bridgehead atoms. The maximum absolute atomic E-state index is 10.5. The lowest BCUT2D eigenvalue weighted by Crippen LogP contribution is -2.42. The van der Waals surface area contributed by atoms with Gasteiger partial charge in [-0.05, 0) is 13.8 Å². The second kappa shape index (κ2) is 10.2. The average molecular weight is 482 g/mol. The van der Waals surface area contributed by atoms with Gasteiger partial charge in [-0.1, -0.05) is 30.3 Å². The Morgan fingerprint density at radius 3 is 2.00 bits per heavy atom. The van der Waals surface area contributed by atoms with Crippen molar-refractivity contribution in [2.45, 2.75) is 26.3 Å². The number of anilines is 3. The lowest BCUT2D eigenvalue weighted by atomic mass is 10.1. The Morgan fingerprint density at radius 2 is 1.40 bits per heavy atom. The molecule has 11 heteroatoms. The summed E-state index contributed by atoms with van der Waals surface area (Å²) in [6, 6.07) is 9.85. The molecule has 186 valence electrons. The predicted molar refractivity (Wildman–Crippen MR) is 132 cm³/mol. The van der Waals surface area contributed by atoms with Crippen molar-refractivity contribution in [1.29, 1.82) is 0 Å². The van der Waals surface area contributed by atoms with E-state index in [-0.39, 0.29) is 0 Å². The van der Waals surface area contributed by atoms with Crippen LogP contribution in [-0.4, -0.2) is 95.2 Å². The van der Waals surface area contributed by atoms with E-state index in [1.807, 2.05) is 35.2 Å². The van der Waals surface area contributed by atoms with Crippen molar-refractivity contribution in [2.24, 2.45) is 0 Å². The molecule has 2 atom stereocenters. The zero-order valence-corrected chi connectivity index (χ0v) is 20.0. The number of aliphatic hydroxyl groups excluding tert-OH is 2. The number of hydrogen-bond donors (Lipinski definition) is 2. The quantitative estimate of drug-likeness (QED) is 0.495. The smallest absolute Gasteiger partial charge is 0.229 e. The van der Waals surface area contributed by atoms with Crippen molar-refractivity contribution >= 4 is 28.7 Å². The van der Waals surface area contributed by atoms with Crippen LogP contribution in [0.4, 0.5) is 17.6 Å². The van der Waals surface area contributed by atoms with Gasteiger partial charge in [0, 0.05) is 31.7 Å². The van der Waals surface area contributed by atoms with Gasteiger partial charge in [0.05, 0.1) is 26.4 Å². The van der Waals surface area contributed by atoms with Crippen LogP contribution >= 0.6 is 0 Å². The van der Waals surface area contributed by atoms with Gasteiger partial charge in [-0.15, -0.1) is 0 Å². The molecule has 2 aromatic heterocycles. The summed E-state index contributed by atoms with van der Waals surface area (Å²) < 4.78 is 11.1. The molecule has 4 heterocycles. The standard InChI is InChI=1S/C24H31N7O4/c1-16(32)31(17(2)33)23-20-21(27-24(28-23)30-10-14-35-15-11-30)26-22(29-8-12-34-13-9-29)19(25-20)18-6-4-3-5-7-18/h3-7,16-17,32-33H,8-15H2,1-2H3. The Kier molecular flexibility index (Phi) is 6.91. The van der Waals surface area contributed by atoms with E-state index < -0.39 is 12.5 Å². The summed E-state index contributed by atoms with van der Waals surface area (Å²) in [6.45, 7) is 8.21. The van der Waals surface area contributed by atoms with Gasteiger partial charge < -0.3 is 34.4 Å². The maximum atomic E-state index is 10.5. The highest BCUT2D eigenvalue weighted by Gasteiger charge is 2.28. The first-order valence-corrected chi connectivity index (χ1v) is 12.0. The molecule has 2 saturated heterocycles. The fourth-order valence-corrected chi connectivity index (χ4v) is 4.45. The van der Waals surface area contributed by atoms with Crippen LogP contribution in [0.1, 0.15) is 13.8 Å². The first-order chi connectivity index (χ1) is 17.0. The van der Waals surface area contributed by atoms with Gasteiger partial charge in [-0.3, -0.25) is 0 Å². The molecule has 0 saturated carbocycles. The van der Waals surface area contributed by atoms with Crippen LogP contribution in [0.3, 0.4) is 0 Å². The fraction of sp³-hybridized carbons (Fsp3) is 0.500. The third-order valence-electron chi connectivity index (χ3n) is 6.18. The number of fused-ring (bicyclic) bond motifs is 1. The topological polar surface area (TPSA) is 120 Å². The number of aromatic nitrogens is 4. The van der Waals surface area contributed by atoms with Crippen LogP contribution in [0.5, 0.6) is 0 Å². The molecular weight excluding hydrogens is 450 g/mol. The zero-order chi connectivity index (χ0) is 24.4. The minimum Gasteiger partial charge on any atom is -0.378 e. The molecule has 0 aliphatic carbocycles. The fourth-order valence-electron chi connectivity index (χ4n) is 4.45. The summed E-state index contributed by atoms with van der Waals surface area (Å²) in [5, 5.41) is 21.1. The monoisotopic (exact) mass is 481 g/mol. The zero-order valence-electron chi connectivity index (χ0n) is 20.0. The van der Waals surface area contributed by atoms with Gasteiger partial charge in [0.15, 0.2) is 22.8 Å². The Balaban J connectivity index is 1.75. The first-order valence-electron chi connectivity index (χ1n) is 12.0. The van der Waals surface area contributed by atoms with Crippen LogP contribution in [-0.2, 0) is 9.47 Å². The molecule has 35 heavy (non-hydrogen) atoms. The van der Waals surface area contributed by atoms with E-state index in [4.69, 9.17) is 29.4 Å². The minimum atomic E-state index is -1.01. The van der Waals surface area contributed by atoms with Gasteiger partial charge in [0.1, 0.15) is 18.1 Å². The van der Waals surface area contributed by atoms with Crippen molar-refractivity contribution in [1.82, 2.24) is 19.9 Å². The molecule has 2 N–H and O–H groups in total. The van der Waals surface area contributed by atoms with Crippen molar-refractivity contribution in [2.75, 3.05) is 67.3 Å². The van der Waals surface area contributed by atoms with E-state index in [0.717, 1.165) is 11.4 Å². The molecule has 3 aromatic rings. The molecule has 11 nitrogen and oxygen atoms in total. The molecule has 0 radical (unpaired) electrons. The second-order valence-electron chi connectivity index (χ2n) is 8.65. The van der Waals surface area contributed by atoms with Crippen molar-refractivity contribution < 1.29 is 19.7 Å². The number of nitrogens with zero attached hydrogens (tertiary/aromatic N) is 7. The lowest BCUT2D eigenvalue weighted by molar-refractivity contribution is 0.104. The van der Waals surface area contributed by atoms with E-state index in [1.54, 1.807) is 13.8 Å². The third-order valence-corrected chi connectivity index (χ3v) is 6.18. The van der Waals surface area contributed by atoms with Crippen molar-refractivity contribution in [3.8, 4) is 11.3 Å². The first kappa shape index (κ1) is 23.6. The van der Waals surface area contributed by atoms with E-state index in [2.05, 4.69) is 4.90 Å². The molecule has 2 aliphatic heterocycles. The van der Waals surface area contributed by atoms with Crippen molar-refractivity contribution in [3.63, 3.8) is 0 Å². The molecule has 0 amide bonds. The Morgan fingerprint density at radius 1 is 0.800 bits per heavy atom. The van der Waals surface area contributed by atoms with Crippen LogP contribution in [0, 0.1) is 0 Å². The number of morpholine rings is 2. The predicted octanol–water partition coefficient (Wildman–Crippen LogP) is 1.24. The number of benzene rings is 1. The summed E-state index contributed by atoms with van der Waals surface area (Å²) in [6.07, 6.45) is -2.02. The number of rotatable bonds is 6. The number of ether oxygens (including phenoxy) is 2. The minimum absolute atomic E-state index is 0.333. The third kappa shape index (κ3) is 4.85. The lowest BCUT2D eigenvalue weighted by Gasteiger charge is -2.33. The molecular formula is C24H31N7O4. The maximum Gasteiger partial charge on any atom is 0.229 e. The SMILES string of the molecule is CC(O)N(c1nc(N2CCOCC2)nc2nc(N3CCOCC3)c(-c3ccccc3)nc12)C(C)O. The van der Waals surface area contributed by atoms with E-state index in [1.165, 1.54) is 4.90 Å². The molecule has 2 fully saturated rings. The van der Waals surface area contributed by atoms with Gasteiger partial charge in [0.25, 0.3) is 0 Å². The molecule has 0 spiro atoms. The van der Waals surface area contributed by atoms with E-state index in [0.29, 0.717) is 81.2 Å². The summed E-state index contributed by atoms with van der Waals surface area (Å²) in [5.41, 5.74) is 2.43. The Bertz CT molecular complexity index is 1140. The highest BCUT2D eigenvalue weighted by molar-refractivity contribution is 5.89. The van der Waals surface area contributed by atoms with Gasteiger partial charge in [0.2, 0.25) is 5.95 Å². The van der Waals surface area contributed by atoms with Gasteiger partial charge in [-0.25, -0.2) is 9.97 Å². The summed E-state index contributed by atoms with van der Waals surface area (Å²) >= 11 is 0. The normalized spacial score (nSPS) is 18.5. The molecule has 2 unspecified atom stereocenters. The number of hydrogen-bond acceptors (Lipinski definition) is 11. The highest BCUT2D eigenvalue weighted by Crippen LogP contribution is 2.34. The van der Waals surface area contributed by atoms with Crippen LogP contribution in [0.15, 0.2) is 30.3 Å². The second-order valence-corrected chi connectivity index (χ2v) is 8.65. The average Bonchev–Trinajstić information content (AvgIpc) is 2.89. The van der Waals surface area contributed by atoms with Crippen molar-refractivity contribution in [3.05, 3.63) is 30.3 Å². The summed E-state index contributed by atoms with van der Waals surface area (Å²) in [7, 11) is 0. The Hall–Kier alpha value is -3.12. The highest BCUT2D eigenvalue weighted by atomic mass is 16.5. The largest absolute Gasteiger partial charge is 0.378 e. The van der Waals surface area contributed by atoms with Crippen LogP contribution in [0.25, 0.3) is 22.4 Å². The van der Waals surface area contributed by atoms with Gasteiger partial charge in [-0.2, -0.15) is 9.97 Å². The molecule has 1 aromatic carbocycles. The Labute approximate surface area is 204 Å². The number of aliphatic hydroxyl groups is 2. The summed E-state index contributed by atoms with van der Waals surface area (Å²) in [4.78, 5) is 25.2. The van der Waals surface area contributed by atoms with Crippen LogP contribution < -0.4 is 14.7 Å².